The van der Waals surface area contributed by atoms with Gasteiger partial charge in [0.05, 0.1) is 17.4 Å². The monoisotopic (exact) mass is 392 g/mol. The number of anilines is 1. The molecule has 0 spiro atoms. The van der Waals surface area contributed by atoms with Gasteiger partial charge in [-0.05, 0) is 72.5 Å². The van der Waals surface area contributed by atoms with Crippen molar-refractivity contribution in [3.05, 3.63) is 94.3 Å². The van der Waals surface area contributed by atoms with Gasteiger partial charge in [-0.1, -0.05) is 29.8 Å². The van der Waals surface area contributed by atoms with Crippen LogP contribution in [0.25, 0.3) is 0 Å². The second kappa shape index (κ2) is 6.64. The molecule has 0 radical (unpaired) electrons. The Morgan fingerprint density at radius 2 is 1.86 bits per heavy atom. The van der Waals surface area contributed by atoms with Crippen LogP contribution in [-0.2, 0) is 6.42 Å². The first-order chi connectivity index (χ1) is 13.6. The van der Waals surface area contributed by atoms with Gasteiger partial charge in [-0.3, -0.25) is 5.01 Å². The van der Waals surface area contributed by atoms with E-state index in [1.807, 2.05) is 53.5 Å². The molecular weight excluding hydrogens is 375 g/mol. The molecule has 1 heterocycles. The number of hydrazone groups is 1. The summed E-state index contributed by atoms with van der Waals surface area (Å²) in [6, 6.07) is 19.7. The third-order valence-corrected chi connectivity index (χ3v) is 5.82. The molecule has 3 nitrogen and oxygen atoms in total. The van der Waals surface area contributed by atoms with Crippen LogP contribution >= 0.6 is 11.6 Å². The molecule has 2 atom stereocenters. The number of phenols is 1. The van der Waals surface area contributed by atoms with Gasteiger partial charge in [0.1, 0.15) is 11.6 Å². The van der Waals surface area contributed by atoms with E-state index in [1.165, 1.54) is 12.1 Å². The van der Waals surface area contributed by atoms with Gasteiger partial charge in [-0.15, -0.1) is 0 Å². The number of rotatable bonds is 2. The van der Waals surface area contributed by atoms with E-state index in [0.717, 1.165) is 40.9 Å². The highest BCUT2D eigenvalue weighted by molar-refractivity contribution is 6.30. The second-order valence-electron chi connectivity index (χ2n) is 7.29. The van der Waals surface area contributed by atoms with Gasteiger partial charge in [0, 0.05) is 16.5 Å². The summed E-state index contributed by atoms with van der Waals surface area (Å²) in [7, 11) is 0. The number of phenolic OH excluding ortho intramolecular Hbond substituents is 1. The van der Waals surface area contributed by atoms with Crippen molar-refractivity contribution in [1.29, 1.82) is 0 Å². The molecule has 2 unspecified atom stereocenters. The van der Waals surface area contributed by atoms with Crippen molar-refractivity contribution in [2.24, 2.45) is 11.0 Å². The van der Waals surface area contributed by atoms with Crippen LogP contribution in [0.1, 0.15) is 29.2 Å². The van der Waals surface area contributed by atoms with Gasteiger partial charge >= 0.3 is 0 Å². The standard InChI is InChI=1S/C23H18ClFN2O/c24-16-2-1-3-18(13-16)27-23(14-4-7-17(25)8-5-14)21-10-6-15-12-19(28)9-11-20(15)22(21)26-27/h1-5,7-9,11-13,21,23,28H,6,10H2. The lowest BCUT2D eigenvalue weighted by molar-refractivity contribution is 0.472. The van der Waals surface area contributed by atoms with E-state index in [4.69, 9.17) is 16.7 Å². The maximum Gasteiger partial charge on any atom is 0.123 e. The molecule has 5 heteroatoms. The average molecular weight is 393 g/mol. The van der Waals surface area contributed by atoms with Gasteiger partial charge in [0.25, 0.3) is 0 Å². The highest BCUT2D eigenvalue weighted by Gasteiger charge is 2.42. The summed E-state index contributed by atoms with van der Waals surface area (Å²) >= 11 is 6.24. The van der Waals surface area contributed by atoms with Crippen LogP contribution in [0, 0.1) is 11.7 Å². The molecule has 1 aliphatic carbocycles. The predicted octanol–water partition coefficient (Wildman–Crippen LogP) is 5.71. The molecule has 0 aromatic heterocycles. The first-order valence-corrected chi connectivity index (χ1v) is 9.69. The van der Waals surface area contributed by atoms with Crippen LogP contribution in [-0.4, -0.2) is 10.8 Å². The summed E-state index contributed by atoms with van der Waals surface area (Å²) in [4.78, 5) is 0. The van der Waals surface area contributed by atoms with Gasteiger partial charge in [-0.25, -0.2) is 4.39 Å². The van der Waals surface area contributed by atoms with Crippen LogP contribution in [0.15, 0.2) is 71.8 Å². The quantitative estimate of drug-likeness (QED) is 0.606. The van der Waals surface area contributed by atoms with Crippen molar-refractivity contribution in [3.63, 3.8) is 0 Å². The van der Waals surface area contributed by atoms with E-state index < -0.39 is 0 Å². The molecule has 0 fully saturated rings. The number of nitrogens with zero attached hydrogens (tertiary/aromatic N) is 2. The van der Waals surface area contributed by atoms with Crippen molar-refractivity contribution in [1.82, 2.24) is 0 Å². The van der Waals surface area contributed by atoms with E-state index in [9.17, 15) is 9.50 Å². The first kappa shape index (κ1) is 17.3. The summed E-state index contributed by atoms with van der Waals surface area (Å²) in [5.41, 5.74) is 5.12. The number of aryl methyl sites for hydroxylation is 1. The minimum Gasteiger partial charge on any atom is -0.508 e. The Morgan fingerprint density at radius 3 is 2.64 bits per heavy atom. The fourth-order valence-corrected chi connectivity index (χ4v) is 4.52. The zero-order valence-electron chi connectivity index (χ0n) is 15.0. The maximum absolute atomic E-state index is 13.5. The third kappa shape index (κ3) is 2.85. The molecule has 0 saturated carbocycles. The Balaban J connectivity index is 1.65. The summed E-state index contributed by atoms with van der Waals surface area (Å²) in [5.74, 6) is 0.209. The summed E-state index contributed by atoms with van der Waals surface area (Å²) in [6.45, 7) is 0. The van der Waals surface area contributed by atoms with Crippen molar-refractivity contribution in [2.75, 3.05) is 5.01 Å². The molecule has 0 amide bonds. The molecule has 140 valence electrons. The SMILES string of the molecule is Oc1ccc2c(c1)CCC1C2=NN(c2cccc(Cl)c2)C1c1ccc(F)cc1. The Bertz CT molecular complexity index is 1080. The van der Waals surface area contributed by atoms with Crippen LogP contribution in [0.2, 0.25) is 5.02 Å². The van der Waals surface area contributed by atoms with Gasteiger partial charge in [0.15, 0.2) is 0 Å². The largest absolute Gasteiger partial charge is 0.508 e. The third-order valence-electron chi connectivity index (χ3n) is 5.59. The number of fused-ring (bicyclic) bond motifs is 3. The lowest BCUT2D eigenvalue weighted by atomic mass is 9.77. The molecule has 28 heavy (non-hydrogen) atoms. The normalized spacial score (nSPS) is 20.5. The lowest BCUT2D eigenvalue weighted by Gasteiger charge is -2.30. The number of hydrogen-bond donors (Lipinski definition) is 1. The summed E-state index contributed by atoms with van der Waals surface area (Å²) in [5, 5.41) is 17.5. The van der Waals surface area contributed by atoms with Gasteiger partial charge in [0.2, 0.25) is 0 Å². The molecule has 2 aliphatic rings. The highest BCUT2D eigenvalue weighted by atomic mass is 35.5. The topological polar surface area (TPSA) is 35.8 Å². The van der Waals surface area contributed by atoms with E-state index >= 15 is 0 Å². The average Bonchev–Trinajstić information content (AvgIpc) is 3.08. The smallest absolute Gasteiger partial charge is 0.123 e. The molecule has 1 aliphatic heterocycles. The Morgan fingerprint density at radius 1 is 1.04 bits per heavy atom. The lowest BCUT2D eigenvalue weighted by Crippen LogP contribution is -2.28. The van der Waals surface area contributed by atoms with Crippen molar-refractivity contribution in [2.45, 2.75) is 18.9 Å². The number of hydrogen-bond acceptors (Lipinski definition) is 3. The molecule has 3 aromatic carbocycles. The van der Waals surface area contributed by atoms with Crippen LogP contribution in [0.3, 0.4) is 0 Å². The van der Waals surface area contributed by atoms with E-state index in [0.29, 0.717) is 5.02 Å². The molecule has 5 rings (SSSR count). The van der Waals surface area contributed by atoms with Crippen LogP contribution in [0.4, 0.5) is 10.1 Å². The van der Waals surface area contributed by atoms with E-state index in [-0.39, 0.29) is 23.5 Å². The zero-order valence-corrected chi connectivity index (χ0v) is 15.8. The molecule has 0 bridgehead atoms. The molecule has 3 aromatic rings. The van der Waals surface area contributed by atoms with Crippen molar-refractivity contribution < 1.29 is 9.50 Å². The zero-order chi connectivity index (χ0) is 19.3. The molecule has 0 saturated heterocycles. The second-order valence-corrected chi connectivity index (χ2v) is 7.73. The Hall–Kier alpha value is -2.85. The van der Waals surface area contributed by atoms with Crippen molar-refractivity contribution in [3.8, 4) is 5.75 Å². The molecule has 1 N–H and O–H groups in total. The maximum atomic E-state index is 13.5. The summed E-state index contributed by atoms with van der Waals surface area (Å²) < 4.78 is 13.5. The minimum absolute atomic E-state index is 0.0315. The predicted molar refractivity (Wildman–Crippen MR) is 110 cm³/mol. The minimum atomic E-state index is -0.248. The highest BCUT2D eigenvalue weighted by Crippen LogP contribution is 2.46. The van der Waals surface area contributed by atoms with E-state index in [2.05, 4.69) is 0 Å². The molecular formula is C23H18ClFN2O. The van der Waals surface area contributed by atoms with E-state index in [1.54, 1.807) is 6.07 Å². The Kier molecular flexibility index (Phi) is 4.09. The fraction of sp³-hybridized carbons (Fsp3) is 0.174. The summed E-state index contributed by atoms with van der Waals surface area (Å²) in [6.07, 6.45) is 1.78. The van der Waals surface area contributed by atoms with Crippen LogP contribution < -0.4 is 5.01 Å². The number of benzene rings is 3. The number of aromatic hydroxyl groups is 1. The van der Waals surface area contributed by atoms with Crippen LogP contribution in [0.5, 0.6) is 5.75 Å². The van der Waals surface area contributed by atoms with Gasteiger partial charge in [-0.2, -0.15) is 5.10 Å². The van der Waals surface area contributed by atoms with Gasteiger partial charge < -0.3 is 5.11 Å². The number of halogens is 2. The first-order valence-electron chi connectivity index (χ1n) is 9.31. The Labute approximate surface area is 167 Å². The van der Waals surface area contributed by atoms with Crippen molar-refractivity contribution >= 4 is 23.0 Å². The fourth-order valence-electron chi connectivity index (χ4n) is 4.34.